The number of nitrogens with zero attached hydrogens (tertiary/aromatic N) is 2. The molecule has 0 unspecified atom stereocenters. The van der Waals surface area contributed by atoms with E-state index in [1.165, 1.54) is 10.9 Å². The molecule has 24 heavy (non-hydrogen) atoms. The normalized spacial score (nSPS) is 11.0. The molecule has 2 rings (SSSR count). The number of thiazole rings is 1. The number of aryl methyl sites for hydroxylation is 1. The SMILES string of the molecule is CN=C(NCCSCc1ccccc1F)NCc1ncc(C)s1.I. The lowest BCUT2D eigenvalue weighted by molar-refractivity contribution is 0.617. The van der Waals surface area contributed by atoms with Gasteiger partial charge in [-0.15, -0.1) is 35.3 Å². The van der Waals surface area contributed by atoms with Crippen molar-refractivity contribution in [3.8, 4) is 0 Å². The van der Waals surface area contributed by atoms with Crippen molar-refractivity contribution in [3.05, 3.63) is 51.7 Å². The van der Waals surface area contributed by atoms with Gasteiger partial charge in [0.25, 0.3) is 0 Å². The molecular weight excluding hydrogens is 458 g/mol. The third-order valence-corrected chi connectivity index (χ3v) is 4.97. The lowest BCUT2D eigenvalue weighted by Crippen LogP contribution is -2.37. The Morgan fingerprint density at radius 1 is 1.33 bits per heavy atom. The molecule has 4 nitrogen and oxygen atoms in total. The Morgan fingerprint density at radius 3 is 2.79 bits per heavy atom. The quantitative estimate of drug-likeness (QED) is 0.274. The van der Waals surface area contributed by atoms with Gasteiger partial charge in [0.1, 0.15) is 10.8 Å². The first-order valence-electron chi connectivity index (χ1n) is 7.36. The molecule has 0 fully saturated rings. The van der Waals surface area contributed by atoms with Gasteiger partial charge in [0.2, 0.25) is 0 Å². The van der Waals surface area contributed by atoms with Crippen LogP contribution in [0.4, 0.5) is 4.39 Å². The number of hydrogen-bond donors (Lipinski definition) is 2. The van der Waals surface area contributed by atoms with Gasteiger partial charge in [-0.05, 0) is 18.6 Å². The third-order valence-electron chi connectivity index (χ3n) is 3.05. The van der Waals surface area contributed by atoms with E-state index in [1.807, 2.05) is 25.3 Å². The Balaban J connectivity index is 0.00000288. The Morgan fingerprint density at radius 2 is 2.12 bits per heavy atom. The van der Waals surface area contributed by atoms with Crippen LogP contribution in [0.25, 0.3) is 0 Å². The van der Waals surface area contributed by atoms with Gasteiger partial charge in [0.05, 0.1) is 6.54 Å². The summed E-state index contributed by atoms with van der Waals surface area (Å²) in [6, 6.07) is 6.90. The first-order valence-corrected chi connectivity index (χ1v) is 9.33. The molecule has 2 aromatic rings. The summed E-state index contributed by atoms with van der Waals surface area (Å²) in [5.41, 5.74) is 0.749. The topological polar surface area (TPSA) is 49.3 Å². The highest BCUT2D eigenvalue weighted by Gasteiger charge is 2.02. The second kappa shape index (κ2) is 11.6. The maximum absolute atomic E-state index is 13.5. The summed E-state index contributed by atoms with van der Waals surface area (Å²) in [4.78, 5) is 9.69. The summed E-state index contributed by atoms with van der Waals surface area (Å²) in [6.07, 6.45) is 1.87. The van der Waals surface area contributed by atoms with Crippen LogP contribution in [0, 0.1) is 12.7 Å². The largest absolute Gasteiger partial charge is 0.356 e. The third kappa shape index (κ3) is 7.35. The van der Waals surface area contributed by atoms with Gasteiger partial charge in [-0.2, -0.15) is 11.8 Å². The van der Waals surface area contributed by atoms with Crippen LogP contribution in [-0.2, 0) is 12.3 Å². The minimum absolute atomic E-state index is 0. The van der Waals surface area contributed by atoms with E-state index in [0.29, 0.717) is 12.3 Å². The van der Waals surface area contributed by atoms with Crippen molar-refractivity contribution in [2.45, 2.75) is 19.2 Å². The molecule has 0 saturated heterocycles. The van der Waals surface area contributed by atoms with Crippen molar-refractivity contribution in [2.75, 3.05) is 19.3 Å². The summed E-state index contributed by atoms with van der Waals surface area (Å²) in [5, 5.41) is 7.52. The van der Waals surface area contributed by atoms with E-state index in [-0.39, 0.29) is 29.8 Å². The van der Waals surface area contributed by atoms with Crippen LogP contribution in [0.3, 0.4) is 0 Å². The summed E-state index contributed by atoms with van der Waals surface area (Å²) >= 11 is 3.37. The number of aliphatic imine (C=N–C) groups is 1. The zero-order valence-corrected chi connectivity index (χ0v) is 17.7. The van der Waals surface area contributed by atoms with Gasteiger partial charge >= 0.3 is 0 Å². The molecule has 0 atom stereocenters. The average Bonchev–Trinajstić information content (AvgIpc) is 2.97. The van der Waals surface area contributed by atoms with E-state index in [0.717, 1.165) is 28.8 Å². The Hall–Kier alpha value is -0.870. The zero-order chi connectivity index (χ0) is 16.5. The summed E-state index contributed by atoms with van der Waals surface area (Å²) < 4.78 is 13.5. The highest BCUT2D eigenvalue weighted by Crippen LogP contribution is 2.14. The van der Waals surface area contributed by atoms with Crippen LogP contribution < -0.4 is 10.6 Å². The molecule has 1 aromatic carbocycles. The number of nitrogens with one attached hydrogen (secondary N) is 2. The number of hydrogen-bond acceptors (Lipinski definition) is 4. The van der Waals surface area contributed by atoms with Crippen molar-refractivity contribution in [2.24, 2.45) is 4.99 Å². The van der Waals surface area contributed by atoms with Crippen LogP contribution in [0.1, 0.15) is 15.4 Å². The van der Waals surface area contributed by atoms with Gasteiger partial charge in [-0.3, -0.25) is 4.99 Å². The first-order chi connectivity index (χ1) is 11.2. The minimum Gasteiger partial charge on any atom is -0.356 e. The molecule has 132 valence electrons. The number of benzene rings is 1. The van der Waals surface area contributed by atoms with Gasteiger partial charge in [0.15, 0.2) is 5.96 Å². The maximum atomic E-state index is 13.5. The molecule has 0 saturated carbocycles. The maximum Gasteiger partial charge on any atom is 0.191 e. The number of guanidine groups is 1. The van der Waals surface area contributed by atoms with Crippen LogP contribution >= 0.6 is 47.1 Å². The van der Waals surface area contributed by atoms with Crippen molar-refractivity contribution in [3.63, 3.8) is 0 Å². The molecule has 0 radical (unpaired) electrons. The monoisotopic (exact) mass is 480 g/mol. The number of halogens is 2. The molecule has 0 aliphatic heterocycles. The van der Waals surface area contributed by atoms with E-state index in [2.05, 4.69) is 20.6 Å². The molecule has 0 bridgehead atoms. The molecule has 1 heterocycles. The van der Waals surface area contributed by atoms with Gasteiger partial charge in [0, 0.05) is 36.2 Å². The fraction of sp³-hybridized carbons (Fsp3) is 0.375. The average molecular weight is 480 g/mol. The number of aromatic nitrogens is 1. The highest BCUT2D eigenvalue weighted by atomic mass is 127. The van der Waals surface area contributed by atoms with Crippen molar-refractivity contribution < 1.29 is 4.39 Å². The van der Waals surface area contributed by atoms with E-state index in [4.69, 9.17) is 0 Å². The first kappa shape index (κ1) is 21.2. The predicted molar refractivity (Wildman–Crippen MR) is 113 cm³/mol. The van der Waals surface area contributed by atoms with E-state index >= 15 is 0 Å². The fourth-order valence-electron chi connectivity index (χ4n) is 1.90. The molecule has 2 N–H and O–H groups in total. The predicted octanol–water partition coefficient (Wildman–Crippen LogP) is 3.81. The second-order valence-electron chi connectivity index (χ2n) is 4.86. The van der Waals surface area contributed by atoms with Crippen molar-refractivity contribution >= 4 is 53.0 Å². The lowest BCUT2D eigenvalue weighted by Gasteiger charge is -2.10. The van der Waals surface area contributed by atoms with Gasteiger partial charge < -0.3 is 10.6 Å². The van der Waals surface area contributed by atoms with E-state index in [9.17, 15) is 4.39 Å². The van der Waals surface area contributed by atoms with E-state index in [1.54, 1.807) is 36.2 Å². The highest BCUT2D eigenvalue weighted by molar-refractivity contribution is 14.0. The Labute approximate surface area is 167 Å². The molecule has 1 aromatic heterocycles. The molecule has 0 spiro atoms. The van der Waals surface area contributed by atoms with Crippen molar-refractivity contribution in [1.82, 2.24) is 15.6 Å². The smallest absolute Gasteiger partial charge is 0.191 e. The molecule has 0 amide bonds. The Bertz CT molecular complexity index is 649. The lowest BCUT2D eigenvalue weighted by atomic mass is 10.2. The fourth-order valence-corrected chi connectivity index (χ4v) is 3.47. The number of rotatable bonds is 7. The molecular formula is C16H22FIN4S2. The second-order valence-corrected chi connectivity index (χ2v) is 7.29. The summed E-state index contributed by atoms with van der Waals surface area (Å²) in [5.74, 6) is 2.18. The summed E-state index contributed by atoms with van der Waals surface area (Å²) in [7, 11) is 1.74. The number of thioether (sulfide) groups is 1. The van der Waals surface area contributed by atoms with Crippen LogP contribution in [0.15, 0.2) is 35.5 Å². The van der Waals surface area contributed by atoms with Crippen molar-refractivity contribution in [1.29, 1.82) is 0 Å². The van der Waals surface area contributed by atoms with Crippen LogP contribution in [-0.4, -0.2) is 30.3 Å². The molecule has 0 aliphatic rings. The van der Waals surface area contributed by atoms with Crippen LogP contribution in [0.5, 0.6) is 0 Å². The van der Waals surface area contributed by atoms with Crippen LogP contribution in [0.2, 0.25) is 0 Å². The molecule has 0 aliphatic carbocycles. The van der Waals surface area contributed by atoms with E-state index < -0.39 is 0 Å². The van der Waals surface area contributed by atoms with Gasteiger partial charge in [-0.25, -0.2) is 9.37 Å². The Kier molecular flexibility index (Phi) is 10.3. The minimum atomic E-state index is -0.135. The zero-order valence-electron chi connectivity index (χ0n) is 13.7. The summed E-state index contributed by atoms with van der Waals surface area (Å²) in [6.45, 7) is 3.48. The standard InChI is InChI=1S/C16H21FN4S2.HI/c1-12-9-20-15(23-12)10-21-16(18-2)19-7-8-22-11-13-5-3-4-6-14(13)17;/h3-6,9H,7-8,10-11H2,1-2H3,(H2,18,19,21);1H. The molecule has 8 heteroatoms. The van der Waals surface area contributed by atoms with Gasteiger partial charge in [-0.1, -0.05) is 18.2 Å².